The van der Waals surface area contributed by atoms with E-state index in [0.29, 0.717) is 0 Å². The van der Waals surface area contributed by atoms with Gasteiger partial charge in [0.2, 0.25) is 9.84 Å². The van der Waals surface area contributed by atoms with Gasteiger partial charge in [0, 0.05) is 72.4 Å². The molecule has 0 aliphatic heterocycles. The molecule has 63 heavy (non-hydrogen) atoms. The van der Waals surface area contributed by atoms with E-state index >= 15 is 0 Å². The molecule has 0 radical (unpaired) electrons. The molecule has 0 fully saturated rings. The van der Waals surface area contributed by atoms with Crippen LogP contribution in [0.2, 0.25) is 0 Å². The summed E-state index contributed by atoms with van der Waals surface area (Å²) < 4.78 is 33.5. The van der Waals surface area contributed by atoms with Crippen molar-refractivity contribution >= 4 is 95.5 Å². The second-order valence-corrected chi connectivity index (χ2v) is 21.4. The molecule has 2 nitrogen and oxygen atoms in total. The summed E-state index contributed by atoms with van der Waals surface area (Å²) in [7, 11) is -3.79. The SMILES string of the molecule is O=S(=O)(c1ccc(-c2cc3c(-c4ccccc4)c4sccc4c(-c4ccccc4)c3s2)cc1)c1ccc(-c2cc3c(-c4ccccc4)c4sccc4c(-c4ccccc4)c3s2)cc1. The van der Waals surface area contributed by atoms with E-state index in [1.165, 1.54) is 84.9 Å². The third-order valence-electron chi connectivity index (χ3n) is 11.9. The lowest BCUT2D eigenvalue weighted by Gasteiger charge is -2.12. The molecular formula is C56H34O2S5. The standard InChI is InChI=1S/C56H34O2S5/c57-63(58,41-25-21-35(22-26-41)47-33-45-51(39-17-9-3-10-18-39)53-43(29-31-59-53)49(55(45)61-47)37-13-5-1-6-14-37)42-27-23-36(24-28-42)48-34-46-52(40-19-11-4-12-20-40)54-44(30-32-60-54)50(56(46)62-48)38-15-7-2-8-16-38/h1-34H. The minimum Gasteiger partial charge on any atom is -0.219 e. The van der Waals surface area contributed by atoms with Crippen LogP contribution in [0.1, 0.15) is 0 Å². The van der Waals surface area contributed by atoms with Crippen molar-refractivity contribution in [1.29, 1.82) is 0 Å². The molecule has 0 bridgehead atoms. The Hall–Kier alpha value is -6.45. The lowest BCUT2D eigenvalue weighted by Crippen LogP contribution is -2.01. The van der Waals surface area contributed by atoms with Crippen molar-refractivity contribution in [2.24, 2.45) is 0 Å². The molecule has 0 spiro atoms. The average Bonchev–Trinajstić information content (AvgIpc) is 4.19. The number of benzene rings is 8. The first-order valence-corrected chi connectivity index (χ1v) is 25.5. The fourth-order valence-electron chi connectivity index (χ4n) is 9.00. The normalized spacial score (nSPS) is 11.9. The van der Waals surface area contributed by atoms with Crippen LogP contribution in [0.4, 0.5) is 0 Å². The number of fused-ring (bicyclic) bond motifs is 4. The number of sulfone groups is 1. The molecule has 4 heterocycles. The third kappa shape index (κ3) is 6.42. The van der Waals surface area contributed by atoms with Gasteiger partial charge < -0.3 is 0 Å². The Morgan fingerprint density at radius 3 is 0.952 bits per heavy atom. The van der Waals surface area contributed by atoms with Gasteiger partial charge in [-0.2, -0.15) is 0 Å². The van der Waals surface area contributed by atoms with Crippen LogP contribution in [-0.2, 0) is 9.84 Å². The summed E-state index contributed by atoms with van der Waals surface area (Å²) in [5.41, 5.74) is 11.7. The summed E-state index contributed by atoms with van der Waals surface area (Å²) in [6.07, 6.45) is 0. The molecule has 0 aliphatic carbocycles. The van der Waals surface area contributed by atoms with E-state index in [1.54, 1.807) is 69.6 Å². The summed E-state index contributed by atoms with van der Waals surface area (Å²) in [6, 6.07) is 66.4. The molecule has 12 aromatic rings. The van der Waals surface area contributed by atoms with Gasteiger partial charge in [-0.1, -0.05) is 146 Å². The fraction of sp³-hybridized carbons (Fsp3) is 0. The molecule has 7 heteroatoms. The number of rotatable bonds is 8. The monoisotopic (exact) mass is 898 g/mol. The minimum absolute atomic E-state index is 0.275. The largest absolute Gasteiger partial charge is 0.219 e. The van der Waals surface area contributed by atoms with Crippen molar-refractivity contribution < 1.29 is 8.42 Å². The van der Waals surface area contributed by atoms with E-state index in [1.807, 2.05) is 24.3 Å². The average molecular weight is 899 g/mol. The van der Waals surface area contributed by atoms with Crippen LogP contribution in [0.25, 0.3) is 106 Å². The van der Waals surface area contributed by atoms with Crippen LogP contribution in [-0.4, -0.2) is 8.42 Å². The van der Waals surface area contributed by atoms with Crippen LogP contribution in [0.15, 0.2) is 215 Å². The summed E-state index contributed by atoms with van der Waals surface area (Å²) in [5.74, 6) is 0. The Bertz CT molecular complexity index is 3320. The van der Waals surface area contributed by atoms with Gasteiger partial charge in [0.15, 0.2) is 0 Å². The number of hydrogen-bond acceptors (Lipinski definition) is 6. The lowest BCUT2D eigenvalue weighted by molar-refractivity contribution is 0.596. The van der Waals surface area contributed by atoms with E-state index < -0.39 is 9.84 Å². The first-order valence-electron chi connectivity index (χ1n) is 20.6. The zero-order chi connectivity index (χ0) is 42.1. The predicted molar refractivity (Wildman–Crippen MR) is 272 cm³/mol. The Morgan fingerprint density at radius 1 is 0.302 bits per heavy atom. The Labute approximate surface area is 381 Å². The minimum atomic E-state index is -3.79. The van der Waals surface area contributed by atoms with Gasteiger partial charge in [-0.05, 0) is 92.7 Å². The van der Waals surface area contributed by atoms with E-state index in [9.17, 15) is 8.42 Å². The fourth-order valence-corrected chi connectivity index (χ4v) is 14.7. The molecule has 4 aromatic heterocycles. The topological polar surface area (TPSA) is 34.1 Å². The zero-order valence-corrected chi connectivity index (χ0v) is 37.6. The number of thiophene rings is 4. The molecular weight excluding hydrogens is 865 g/mol. The van der Waals surface area contributed by atoms with Gasteiger partial charge in [-0.15, -0.1) is 45.3 Å². The van der Waals surface area contributed by atoms with Crippen LogP contribution in [0, 0.1) is 0 Å². The van der Waals surface area contributed by atoms with Crippen molar-refractivity contribution in [3.05, 3.63) is 205 Å². The summed E-state index contributed by atoms with van der Waals surface area (Å²) >= 11 is 7.09. The highest BCUT2D eigenvalue weighted by molar-refractivity contribution is 7.91. The molecule has 12 rings (SSSR count). The molecule has 8 aromatic carbocycles. The highest BCUT2D eigenvalue weighted by Crippen LogP contribution is 2.52. The van der Waals surface area contributed by atoms with Crippen LogP contribution in [0.5, 0.6) is 0 Å². The van der Waals surface area contributed by atoms with Gasteiger partial charge in [-0.3, -0.25) is 0 Å². The van der Waals surface area contributed by atoms with E-state index in [0.717, 1.165) is 20.9 Å². The van der Waals surface area contributed by atoms with Crippen molar-refractivity contribution in [2.75, 3.05) is 0 Å². The second-order valence-electron chi connectivity index (χ2n) is 15.5. The molecule has 0 amide bonds. The molecule has 0 atom stereocenters. The van der Waals surface area contributed by atoms with E-state index in [-0.39, 0.29) is 9.79 Å². The Balaban J connectivity index is 0.913. The van der Waals surface area contributed by atoms with Gasteiger partial charge >= 0.3 is 0 Å². The van der Waals surface area contributed by atoms with Crippen LogP contribution >= 0.6 is 45.3 Å². The van der Waals surface area contributed by atoms with Gasteiger partial charge in [0.25, 0.3) is 0 Å². The van der Waals surface area contributed by atoms with Gasteiger partial charge in [0.05, 0.1) is 9.79 Å². The van der Waals surface area contributed by atoms with Crippen molar-refractivity contribution in [3.63, 3.8) is 0 Å². The first-order chi connectivity index (χ1) is 31.0. The summed E-state index contributed by atoms with van der Waals surface area (Å²) in [4.78, 5) is 2.74. The molecule has 0 saturated heterocycles. The molecule has 300 valence electrons. The molecule has 0 saturated carbocycles. The van der Waals surface area contributed by atoms with Gasteiger partial charge in [-0.25, -0.2) is 8.42 Å². The van der Waals surface area contributed by atoms with Crippen molar-refractivity contribution in [1.82, 2.24) is 0 Å². The lowest BCUT2D eigenvalue weighted by atomic mass is 9.93. The molecule has 0 unspecified atom stereocenters. The summed E-state index contributed by atoms with van der Waals surface area (Å²) in [6.45, 7) is 0. The zero-order valence-electron chi connectivity index (χ0n) is 33.5. The maximum Gasteiger partial charge on any atom is 0.206 e. The Kier molecular flexibility index (Phi) is 9.36. The first kappa shape index (κ1) is 38.2. The van der Waals surface area contributed by atoms with Crippen LogP contribution in [0.3, 0.4) is 0 Å². The van der Waals surface area contributed by atoms with Crippen molar-refractivity contribution in [3.8, 4) is 65.4 Å². The maximum atomic E-state index is 14.2. The summed E-state index contributed by atoms with van der Waals surface area (Å²) in [5, 5.41) is 9.29. The predicted octanol–water partition coefficient (Wildman–Crippen LogP) is 17.4. The van der Waals surface area contributed by atoms with Crippen LogP contribution < -0.4 is 0 Å². The quantitative estimate of drug-likeness (QED) is 0.152. The molecule has 0 N–H and O–H groups in total. The number of hydrogen-bond donors (Lipinski definition) is 0. The van der Waals surface area contributed by atoms with E-state index in [2.05, 4.69) is 156 Å². The van der Waals surface area contributed by atoms with Gasteiger partial charge in [0.1, 0.15) is 0 Å². The smallest absolute Gasteiger partial charge is 0.206 e. The molecule has 0 aliphatic rings. The Morgan fingerprint density at radius 2 is 0.619 bits per heavy atom. The van der Waals surface area contributed by atoms with Crippen molar-refractivity contribution in [2.45, 2.75) is 9.79 Å². The highest BCUT2D eigenvalue weighted by Gasteiger charge is 2.24. The third-order valence-corrected chi connectivity index (χ3v) is 18.0. The maximum absolute atomic E-state index is 14.2. The highest BCUT2D eigenvalue weighted by atomic mass is 32.2. The van der Waals surface area contributed by atoms with E-state index in [4.69, 9.17) is 0 Å². The second kappa shape index (κ2) is 15.4.